The van der Waals surface area contributed by atoms with Gasteiger partial charge in [-0.2, -0.15) is 0 Å². The van der Waals surface area contributed by atoms with Gasteiger partial charge in [-0.05, 0) is 24.6 Å². The van der Waals surface area contributed by atoms with Crippen molar-refractivity contribution in [3.8, 4) is 0 Å². The van der Waals surface area contributed by atoms with E-state index in [2.05, 4.69) is 10.3 Å². The van der Waals surface area contributed by atoms with Gasteiger partial charge in [0.1, 0.15) is 5.69 Å². The van der Waals surface area contributed by atoms with E-state index in [1.54, 1.807) is 0 Å². The Bertz CT molecular complexity index is 619. The molecule has 20 heavy (non-hydrogen) atoms. The molecule has 1 aromatic heterocycles. The number of carboxylic acids is 1. The maximum Gasteiger partial charge on any atom is 0.337 e. The lowest BCUT2D eigenvalue weighted by atomic mass is 10.1. The van der Waals surface area contributed by atoms with Gasteiger partial charge in [0.2, 0.25) is 0 Å². The minimum absolute atomic E-state index is 0.0556. The van der Waals surface area contributed by atoms with Gasteiger partial charge in [-0.1, -0.05) is 29.8 Å². The number of amides is 1. The Labute approximate surface area is 116 Å². The first-order valence-corrected chi connectivity index (χ1v) is 6.09. The van der Waals surface area contributed by atoms with Gasteiger partial charge in [-0.25, -0.2) is 4.79 Å². The lowest BCUT2D eigenvalue weighted by Gasteiger charge is -2.05. The fourth-order valence-electron chi connectivity index (χ4n) is 1.63. The molecule has 1 heterocycles. The van der Waals surface area contributed by atoms with Crippen LogP contribution in [0, 0.1) is 6.92 Å². The van der Waals surface area contributed by atoms with Gasteiger partial charge in [0.15, 0.2) is 0 Å². The molecule has 0 saturated carbocycles. The zero-order valence-electron chi connectivity index (χ0n) is 11.0. The van der Waals surface area contributed by atoms with Crippen molar-refractivity contribution < 1.29 is 14.7 Å². The fraction of sp³-hybridized carbons (Fsp3) is 0.133. The van der Waals surface area contributed by atoms with Crippen molar-refractivity contribution >= 4 is 11.9 Å². The highest BCUT2D eigenvalue weighted by atomic mass is 16.4. The van der Waals surface area contributed by atoms with Gasteiger partial charge < -0.3 is 10.4 Å². The number of nitrogens with one attached hydrogen (secondary N) is 1. The van der Waals surface area contributed by atoms with E-state index in [-0.39, 0.29) is 17.2 Å². The molecule has 1 amide bonds. The molecule has 2 aromatic rings. The number of carbonyl (C=O) groups is 2. The second-order valence-corrected chi connectivity index (χ2v) is 4.41. The smallest absolute Gasteiger partial charge is 0.337 e. The number of hydrogen-bond donors (Lipinski definition) is 2. The summed E-state index contributed by atoms with van der Waals surface area (Å²) in [5.74, 6) is -1.40. The third-order valence-electron chi connectivity index (χ3n) is 2.82. The third-order valence-corrected chi connectivity index (χ3v) is 2.82. The standard InChI is InChI=1S/C15H14N2O3/c1-10-2-4-11(5-3-10)8-17-14(18)13-7-6-12(9-16-13)15(19)20/h2-7,9H,8H2,1H3,(H,17,18)(H,19,20). The first-order valence-electron chi connectivity index (χ1n) is 6.09. The Hall–Kier alpha value is -2.69. The summed E-state index contributed by atoms with van der Waals surface area (Å²) in [6, 6.07) is 10.6. The summed E-state index contributed by atoms with van der Waals surface area (Å²) in [5.41, 5.74) is 2.40. The van der Waals surface area contributed by atoms with Gasteiger partial charge in [0, 0.05) is 12.7 Å². The molecule has 0 aliphatic heterocycles. The van der Waals surface area contributed by atoms with E-state index < -0.39 is 5.97 Å². The molecular formula is C15H14N2O3. The molecule has 0 aliphatic rings. The maximum atomic E-state index is 11.8. The van der Waals surface area contributed by atoms with Crippen molar-refractivity contribution in [2.75, 3.05) is 0 Å². The number of carbonyl (C=O) groups excluding carboxylic acids is 1. The normalized spacial score (nSPS) is 10.1. The quantitative estimate of drug-likeness (QED) is 0.890. The first-order chi connectivity index (χ1) is 9.56. The molecule has 0 radical (unpaired) electrons. The summed E-state index contributed by atoms with van der Waals surface area (Å²) in [6.07, 6.45) is 1.17. The third kappa shape index (κ3) is 3.41. The van der Waals surface area contributed by atoms with E-state index in [1.807, 2.05) is 31.2 Å². The molecule has 2 N–H and O–H groups in total. The summed E-state index contributed by atoms with van der Waals surface area (Å²) in [5, 5.41) is 11.5. The molecular weight excluding hydrogens is 256 g/mol. The number of nitrogens with zero attached hydrogens (tertiary/aromatic N) is 1. The molecule has 0 spiro atoms. The van der Waals surface area contributed by atoms with Crippen LogP contribution in [0.15, 0.2) is 42.6 Å². The number of rotatable bonds is 4. The Balaban J connectivity index is 1.97. The van der Waals surface area contributed by atoms with Gasteiger partial charge >= 0.3 is 5.97 Å². The van der Waals surface area contributed by atoms with Crippen LogP contribution in [0.1, 0.15) is 32.0 Å². The van der Waals surface area contributed by atoms with Crippen molar-refractivity contribution in [1.29, 1.82) is 0 Å². The van der Waals surface area contributed by atoms with Crippen LogP contribution in [0.5, 0.6) is 0 Å². The number of hydrogen-bond acceptors (Lipinski definition) is 3. The Morgan fingerprint density at radius 2 is 1.85 bits per heavy atom. The summed E-state index contributed by atoms with van der Waals surface area (Å²) in [6.45, 7) is 2.40. The average molecular weight is 270 g/mol. The van der Waals surface area contributed by atoms with Gasteiger partial charge in [-0.3, -0.25) is 9.78 Å². The molecule has 0 saturated heterocycles. The number of aromatic nitrogens is 1. The van der Waals surface area contributed by atoms with Gasteiger partial charge in [-0.15, -0.1) is 0 Å². The predicted octanol–water partition coefficient (Wildman–Crippen LogP) is 2.02. The van der Waals surface area contributed by atoms with Crippen LogP contribution in [0.25, 0.3) is 0 Å². The Morgan fingerprint density at radius 3 is 2.40 bits per heavy atom. The molecule has 2 rings (SSSR count). The molecule has 5 heteroatoms. The number of aromatic carboxylic acids is 1. The van der Waals surface area contributed by atoms with Crippen LogP contribution in [0.3, 0.4) is 0 Å². The van der Waals surface area contributed by atoms with Crippen LogP contribution in [0.2, 0.25) is 0 Å². The van der Waals surface area contributed by atoms with Gasteiger partial charge in [0.05, 0.1) is 5.56 Å². The van der Waals surface area contributed by atoms with Crippen molar-refractivity contribution in [3.63, 3.8) is 0 Å². The average Bonchev–Trinajstić information content (AvgIpc) is 2.46. The van der Waals surface area contributed by atoms with Crippen molar-refractivity contribution in [2.24, 2.45) is 0 Å². The summed E-state index contributed by atoms with van der Waals surface area (Å²) < 4.78 is 0. The van der Waals surface area contributed by atoms with Crippen LogP contribution in [-0.4, -0.2) is 22.0 Å². The maximum absolute atomic E-state index is 11.8. The zero-order valence-corrected chi connectivity index (χ0v) is 11.0. The molecule has 1 aromatic carbocycles. The minimum atomic E-state index is -1.07. The van der Waals surface area contributed by atoms with E-state index in [0.29, 0.717) is 6.54 Å². The number of benzene rings is 1. The van der Waals surface area contributed by atoms with E-state index in [1.165, 1.54) is 18.3 Å². The first kappa shape index (κ1) is 13.7. The molecule has 0 atom stereocenters. The monoisotopic (exact) mass is 270 g/mol. The van der Waals surface area contributed by atoms with Crippen LogP contribution in [-0.2, 0) is 6.54 Å². The highest BCUT2D eigenvalue weighted by Crippen LogP contribution is 2.04. The largest absolute Gasteiger partial charge is 0.478 e. The van der Waals surface area contributed by atoms with Crippen LogP contribution < -0.4 is 5.32 Å². The summed E-state index contributed by atoms with van der Waals surface area (Å²) in [7, 11) is 0. The van der Waals surface area contributed by atoms with Crippen LogP contribution in [0.4, 0.5) is 0 Å². The molecule has 0 fully saturated rings. The second kappa shape index (κ2) is 5.97. The summed E-state index contributed by atoms with van der Waals surface area (Å²) >= 11 is 0. The van der Waals surface area contributed by atoms with E-state index in [9.17, 15) is 9.59 Å². The number of carboxylic acid groups (broad SMARTS) is 1. The van der Waals surface area contributed by atoms with Crippen molar-refractivity contribution in [2.45, 2.75) is 13.5 Å². The Morgan fingerprint density at radius 1 is 1.15 bits per heavy atom. The number of pyridine rings is 1. The van der Waals surface area contributed by atoms with Crippen LogP contribution >= 0.6 is 0 Å². The van der Waals surface area contributed by atoms with E-state index >= 15 is 0 Å². The van der Waals surface area contributed by atoms with Crippen molar-refractivity contribution in [1.82, 2.24) is 10.3 Å². The predicted molar refractivity (Wildman–Crippen MR) is 73.5 cm³/mol. The molecule has 5 nitrogen and oxygen atoms in total. The Kier molecular flexibility index (Phi) is 4.10. The topological polar surface area (TPSA) is 79.3 Å². The molecule has 102 valence electrons. The fourth-order valence-corrected chi connectivity index (χ4v) is 1.63. The van der Waals surface area contributed by atoms with Crippen molar-refractivity contribution in [3.05, 3.63) is 65.0 Å². The SMILES string of the molecule is Cc1ccc(CNC(=O)c2ccc(C(=O)O)cn2)cc1. The lowest BCUT2D eigenvalue weighted by Crippen LogP contribution is -2.23. The highest BCUT2D eigenvalue weighted by molar-refractivity contribution is 5.93. The van der Waals surface area contributed by atoms with Gasteiger partial charge in [0.25, 0.3) is 5.91 Å². The summed E-state index contributed by atoms with van der Waals surface area (Å²) in [4.78, 5) is 26.4. The molecule has 0 bridgehead atoms. The van der Waals surface area contributed by atoms with E-state index in [4.69, 9.17) is 5.11 Å². The zero-order chi connectivity index (χ0) is 14.5. The molecule has 0 aliphatic carbocycles. The molecule has 0 unspecified atom stereocenters. The lowest BCUT2D eigenvalue weighted by molar-refractivity contribution is 0.0695. The second-order valence-electron chi connectivity index (χ2n) is 4.41. The minimum Gasteiger partial charge on any atom is -0.478 e. The van der Waals surface area contributed by atoms with E-state index in [0.717, 1.165) is 11.1 Å². The number of aryl methyl sites for hydroxylation is 1. The highest BCUT2D eigenvalue weighted by Gasteiger charge is 2.09.